The van der Waals surface area contributed by atoms with Crippen LogP contribution in [0.1, 0.15) is 42.6 Å². The Hall–Kier alpha value is -3.15. The zero-order valence-electron chi connectivity index (χ0n) is 17.8. The molecule has 0 bridgehead atoms. The SMILES string of the molecule is CCCCNC(=O)N1CCc2c([nH]c3ccc(OC)cc23)[C@H]1c1ccc(OC)cc1. The predicted octanol–water partition coefficient (Wildman–Crippen LogP) is 4.64. The first-order valence-corrected chi connectivity index (χ1v) is 10.5. The second-order valence-corrected chi connectivity index (χ2v) is 7.63. The molecule has 0 saturated heterocycles. The van der Waals surface area contributed by atoms with Crippen LogP contribution < -0.4 is 14.8 Å². The van der Waals surface area contributed by atoms with Gasteiger partial charge in [-0.05, 0) is 54.3 Å². The standard InChI is InChI=1S/C24H29N3O3/c1-4-5-13-25-24(28)27-14-12-19-20-15-18(30-3)10-11-21(20)26-22(19)23(27)16-6-8-17(29-2)9-7-16/h6-11,15,23,26H,4-5,12-14H2,1-3H3,(H,25,28)/t23-/m1/s1. The van der Waals surface area contributed by atoms with Crippen molar-refractivity contribution in [2.24, 2.45) is 0 Å². The molecule has 158 valence electrons. The Morgan fingerprint density at radius 2 is 1.87 bits per heavy atom. The Labute approximate surface area is 177 Å². The molecule has 0 radical (unpaired) electrons. The van der Waals surface area contributed by atoms with E-state index < -0.39 is 0 Å². The number of fused-ring (bicyclic) bond motifs is 3. The van der Waals surface area contributed by atoms with E-state index in [9.17, 15) is 4.79 Å². The Morgan fingerprint density at radius 3 is 2.57 bits per heavy atom. The number of unbranched alkanes of at least 4 members (excludes halogenated alkanes) is 1. The summed E-state index contributed by atoms with van der Waals surface area (Å²) in [5.74, 6) is 1.64. The molecule has 6 nitrogen and oxygen atoms in total. The van der Waals surface area contributed by atoms with Gasteiger partial charge in [0, 0.05) is 29.7 Å². The van der Waals surface area contributed by atoms with Crippen LogP contribution in [0.4, 0.5) is 4.79 Å². The van der Waals surface area contributed by atoms with Crippen LogP contribution in [0, 0.1) is 0 Å². The molecule has 2 aromatic carbocycles. The molecule has 4 rings (SSSR count). The lowest BCUT2D eigenvalue weighted by molar-refractivity contribution is 0.179. The number of nitrogens with one attached hydrogen (secondary N) is 2. The van der Waals surface area contributed by atoms with Crippen molar-refractivity contribution >= 4 is 16.9 Å². The fourth-order valence-corrected chi connectivity index (χ4v) is 4.22. The van der Waals surface area contributed by atoms with E-state index in [0.29, 0.717) is 13.1 Å². The number of amides is 2. The van der Waals surface area contributed by atoms with Gasteiger partial charge in [0.05, 0.1) is 20.3 Å². The van der Waals surface area contributed by atoms with Crippen molar-refractivity contribution in [2.75, 3.05) is 27.3 Å². The number of hydrogen-bond donors (Lipinski definition) is 2. The monoisotopic (exact) mass is 407 g/mol. The number of aromatic nitrogens is 1. The lowest BCUT2D eigenvalue weighted by Gasteiger charge is -2.36. The van der Waals surface area contributed by atoms with Gasteiger partial charge in [0.15, 0.2) is 0 Å². The molecule has 2 N–H and O–H groups in total. The number of carbonyl (C=O) groups excluding carboxylic acids is 1. The fraction of sp³-hybridized carbons (Fsp3) is 0.375. The van der Waals surface area contributed by atoms with E-state index in [1.807, 2.05) is 41.3 Å². The molecule has 0 spiro atoms. The van der Waals surface area contributed by atoms with Crippen LogP contribution in [-0.4, -0.2) is 43.2 Å². The number of ether oxygens (including phenoxy) is 2. The number of aromatic amines is 1. The number of urea groups is 1. The maximum atomic E-state index is 13.1. The first-order chi connectivity index (χ1) is 14.7. The van der Waals surface area contributed by atoms with Crippen LogP contribution in [-0.2, 0) is 6.42 Å². The quantitative estimate of drug-likeness (QED) is 0.585. The minimum atomic E-state index is -0.181. The summed E-state index contributed by atoms with van der Waals surface area (Å²) in [6, 6.07) is 13.8. The molecule has 2 heterocycles. The topological polar surface area (TPSA) is 66.6 Å². The van der Waals surface area contributed by atoms with Gasteiger partial charge in [-0.15, -0.1) is 0 Å². The van der Waals surface area contributed by atoms with E-state index in [2.05, 4.69) is 23.3 Å². The highest BCUT2D eigenvalue weighted by Gasteiger charge is 2.34. The third-order valence-corrected chi connectivity index (χ3v) is 5.83. The highest BCUT2D eigenvalue weighted by molar-refractivity contribution is 5.87. The summed E-state index contributed by atoms with van der Waals surface area (Å²) in [6.45, 7) is 3.47. The Morgan fingerprint density at radius 1 is 1.13 bits per heavy atom. The largest absolute Gasteiger partial charge is 0.497 e. The van der Waals surface area contributed by atoms with Crippen molar-refractivity contribution in [1.29, 1.82) is 0 Å². The summed E-state index contributed by atoms with van der Waals surface area (Å²) in [6.07, 6.45) is 2.83. The second kappa shape index (κ2) is 8.69. The predicted molar refractivity (Wildman–Crippen MR) is 118 cm³/mol. The fourth-order valence-electron chi connectivity index (χ4n) is 4.22. The molecule has 1 aliphatic heterocycles. The van der Waals surface area contributed by atoms with Gasteiger partial charge in [-0.2, -0.15) is 0 Å². The Balaban J connectivity index is 1.77. The maximum absolute atomic E-state index is 13.1. The van der Waals surface area contributed by atoms with E-state index in [0.717, 1.165) is 52.9 Å². The molecule has 1 atom stereocenters. The van der Waals surface area contributed by atoms with Crippen LogP contribution in [0.3, 0.4) is 0 Å². The molecule has 0 saturated carbocycles. The van der Waals surface area contributed by atoms with Crippen molar-refractivity contribution in [2.45, 2.75) is 32.2 Å². The summed E-state index contributed by atoms with van der Waals surface area (Å²) < 4.78 is 10.8. The van der Waals surface area contributed by atoms with E-state index in [-0.39, 0.29) is 12.1 Å². The Kier molecular flexibility index (Phi) is 5.84. The summed E-state index contributed by atoms with van der Waals surface area (Å²) in [5.41, 5.74) is 4.44. The van der Waals surface area contributed by atoms with E-state index in [1.165, 1.54) is 5.56 Å². The molecule has 6 heteroatoms. The van der Waals surface area contributed by atoms with Gasteiger partial charge in [0.2, 0.25) is 0 Å². The minimum absolute atomic E-state index is 0.0221. The van der Waals surface area contributed by atoms with Crippen LogP contribution in [0.5, 0.6) is 11.5 Å². The zero-order chi connectivity index (χ0) is 21.1. The van der Waals surface area contributed by atoms with Crippen molar-refractivity contribution in [3.8, 4) is 11.5 Å². The van der Waals surface area contributed by atoms with Crippen molar-refractivity contribution in [3.63, 3.8) is 0 Å². The Bertz CT molecular complexity index is 1030. The first-order valence-electron chi connectivity index (χ1n) is 10.5. The van der Waals surface area contributed by atoms with Crippen LogP contribution in [0.2, 0.25) is 0 Å². The number of rotatable bonds is 6. The van der Waals surface area contributed by atoms with Crippen LogP contribution in [0.25, 0.3) is 10.9 Å². The molecule has 2 amide bonds. The number of carbonyl (C=O) groups is 1. The number of nitrogens with zero attached hydrogens (tertiary/aromatic N) is 1. The lowest BCUT2D eigenvalue weighted by atomic mass is 9.92. The molecule has 3 aromatic rings. The van der Waals surface area contributed by atoms with Crippen molar-refractivity contribution < 1.29 is 14.3 Å². The number of methoxy groups -OCH3 is 2. The molecule has 0 unspecified atom stereocenters. The lowest BCUT2D eigenvalue weighted by Crippen LogP contribution is -2.46. The third kappa shape index (κ3) is 3.70. The smallest absolute Gasteiger partial charge is 0.318 e. The summed E-state index contributed by atoms with van der Waals surface area (Å²) in [7, 11) is 3.34. The van der Waals surface area contributed by atoms with Gasteiger partial charge < -0.3 is 24.7 Å². The van der Waals surface area contributed by atoms with Gasteiger partial charge in [0.25, 0.3) is 0 Å². The van der Waals surface area contributed by atoms with Gasteiger partial charge in [-0.25, -0.2) is 4.79 Å². The summed E-state index contributed by atoms with van der Waals surface area (Å²) >= 11 is 0. The minimum Gasteiger partial charge on any atom is -0.497 e. The average molecular weight is 408 g/mol. The van der Waals surface area contributed by atoms with Crippen LogP contribution >= 0.6 is 0 Å². The number of benzene rings is 2. The molecular weight excluding hydrogens is 378 g/mol. The maximum Gasteiger partial charge on any atom is 0.318 e. The highest BCUT2D eigenvalue weighted by atomic mass is 16.5. The molecule has 0 fully saturated rings. The number of H-pyrrole nitrogens is 1. The highest BCUT2D eigenvalue weighted by Crippen LogP contribution is 2.39. The van der Waals surface area contributed by atoms with Crippen molar-refractivity contribution in [3.05, 3.63) is 59.3 Å². The van der Waals surface area contributed by atoms with Crippen molar-refractivity contribution in [1.82, 2.24) is 15.2 Å². The normalized spacial score (nSPS) is 15.7. The molecular formula is C24H29N3O3. The third-order valence-electron chi connectivity index (χ3n) is 5.83. The van der Waals surface area contributed by atoms with E-state index >= 15 is 0 Å². The molecule has 0 aliphatic carbocycles. The molecule has 1 aromatic heterocycles. The second-order valence-electron chi connectivity index (χ2n) is 7.63. The first kappa shape index (κ1) is 20.1. The number of hydrogen-bond acceptors (Lipinski definition) is 3. The average Bonchev–Trinajstić information content (AvgIpc) is 3.16. The summed E-state index contributed by atoms with van der Waals surface area (Å²) in [4.78, 5) is 18.6. The van der Waals surface area contributed by atoms with E-state index in [1.54, 1.807) is 14.2 Å². The van der Waals surface area contributed by atoms with E-state index in [4.69, 9.17) is 9.47 Å². The van der Waals surface area contributed by atoms with Gasteiger partial charge in [-0.1, -0.05) is 25.5 Å². The molecule has 30 heavy (non-hydrogen) atoms. The van der Waals surface area contributed by atoms with Gasteiger partial charge in [0.1, 0.15) is 11.5 Å². The van der Waals surface area contributed by atoms with Gasteiger partial charge >= 0.3 is 6.03 Å². The summed E-state index contributed by atoms with van der Waals surface area (Å²) in [5, 5.41) is 4.25. The van der Waals surface area contributed by atoms with Gasteiger partial charge in [-0.3, -0.25) is 0 Å². The van der Waals surface area contributed by atoms with Crippen LogP contribution in [0.15, 0.2) is 42.5 Å². The zero-order valence-corrected chi connectivity index (χ0v) is 17.8. The molecule has 1 aliphatic rings.